The van der Waals surface area contributed by atoms with Crippen LogP contribution in [-0.4, -0.2) is 42.3 Å². The molecule has 3 rings (SSSR count). The fourth-order valence-corrected chi connectivity index (χ4v) is 4.04. The van der Waals surface area contributed by atoms with E-state index < -0.39 is 29.8 Å². The van der Waals surface area contributed by atoms with Crippen molar-refractivity contribution >= 4 is 5.97 Å². The minimum absolute atomic E-state index is 0.0179. The lowest BCUT2D eigenvalue weighted by molar-refractivity contribution is -0.143. The maximum atomic E-state index is 13.8. The molecule has 2 atom stereocenters. The highest BCUT2D eigenvalue weighted by Gasteiger charge is 2.41. The van der Waals surface area contributed by atoms with Crippen molar-refractivity contribution in [3.05, 3.63) is 59.2 Å². The van der Waals surface area contributed by atoms with Gasteiger partial charge in [-0.25, -0.2) is 0 Å². The average Bonchev–Trinajstić information content (AvgIpc) is 3.18. The molecule has 0 spiro atoms. The number of hydrogen-bond acceptors (Lipinski definition) is 4. The van der Waals surface area contributed by atoms with E-state index in [1.165, 1.54) is 25.3 Å². The number of methoxy groups -OCH3 is 1. The number of benzene rings is 2. The number of carboxylic acids is 1. The zero-order chi connectivity index (χ0) is 21.9. The smallest absolute Gasteiger partial charge is 0.416 e. The summed E-state index contributed by atoms with van der Waals surface area (Å²) in [5, 5.41) is 9.66. The van der Waals surface area contributed by atoms with Crippen molar-refractivity contribution in [2.75, 3.05) is 20.3 Å². The zero-order valence-electron chi connectivity index (χ0n) is 16.8. The lowest BCUT2D eigenvalue weighted by Gasteiger charge is -2.33. The van der Waals surface area contributed by atoms with Crippen LogP contribution < -0.4 is 9.47 Å². The number of likely N-dealkylation sites (tertiary alicyclic amines) is 1. The van der Waals surface area contributed by atoms with Gasteiger partial charge in [0, 0.05) is 6.54 Å². The molecule has 162 valence electrons. The number of carboxylic acid groups (broad SMARTS) is 1. The summed E-state index contributed by atoms with van der Waals surface area (Å²) in [5.74, 6) is -0.183. The lowest BCUT2D eigenvalue weighted by Crippen LogP contribution is -2.39. The number of nitrogens with zero attached hydrogens (tertiary/aromatic N) is 1. The number of ether oxygens (including phenoxy) is 2. The molecular formula is C22H24F3NO4. The van der Waals surface area contributed by atoms with Crippen molar-refractivity contribution in [1.29, 1.82) is 0 Å². The van der Waals surface area contributed by atoms with Crippen molar-refractivity contribution in [3.8, 4) is 11.5 Å². The van der Waals surface area contributed by atoms with Gasteiger partial charge in [0.25, 0.3) is 0 Å². The third-order valence-corrected chi connectivity index (χ3v) is 5.27. The highest BCUT2D eigenvalue weighted by molar-refractivity contribution is 5.74. The molecule has 8 heteroatoms. The van der Waals surface area contributed by atoms with Crippen molar-refractivity contribution in [3.63, 3.8) is 0 Å². The molecule has 2 aromatic carbocycles. The first-order valence-corrected chi connectivity index (χ1v) is 9.73. The van der Waals surface area contributed by atoms with E-state index in [0.717, 1.165) is 6.07 Å². The Bertz CT molecular complexity index is 900. The maximum absolute atomic E-state index is 13.8. The Hall–Kier alpha value is -2.74. The van der Waals surface area contributed by atoms with Crippen LogP contribution in [0.1, 0.15) is 42.5 Å². The Balaban J connectivity index is 2.19. The van der Waals surface area contributed by atoms with E-state index in [0.29, 0.717) is 43.1 Å². The second kappa shape index (κ2) is 8.95. The molecule has 0 saturated carbocycles. The van der Waals surface area contributed by atoms with Crippen molar-refractivity contribution in [2.45, 2.75) is 38.0 Å². The van der Waals surface area contributed by atoms with E-state index in [4.69, 9.17) is 9.47 Å². The molecule has 2 aromatic rings. The van der Waals surface area contributed by atoms with E-state index >= 15 is 0 Å². The normalized spacial score (nSPS) is 18.2. The van der Waals surface area contributed by atoms with Crippen LogP contribution in [0.3, 0.4) is 0 Å². The Morgan fingerprint density at radius 3 is 2.60 bits per heavy atom. The summed E-state index contributed by atoms with van der Waals surface area (Å²) in [6, 6.07) is 8.49. The van der Waals surface area contributed by atoms with Crippen LogP contribution >= 0.6 is 0 Å². The van der Waals surface area contributed by atoms with Crippen molar-refractivity contribution in [1.82, 2.24) is 4.90 Å². The zero-order valence-corrected chi connectivity index (χ0v) is 16.8. The van der Waals surface area contributed by atoms with Crippen LogP contribution in [0, 0.1) is 0 Å². The molecule has 1 aliphatic rings. The molecule has 1 heterocycles. The number of aliphatic carboxylic acids is 1. The number of rotatable bonds is 7. The highest BCUT2D eigenvalue weighted by atomic mass is 19.4. The second-order valence-corrected chi connectivity index (χ2v) is 7.06. The molecular weight excluding hydrogens is 399 g/mol. The predicted molar refractivity (Wildman–Crippen MR) is 105 cm³/mol. The number of carbonyl (C=O) groups is 1. The number of hydrogen-bond donors (Lipinski definition) is 1. The summed E-state index contributed by atoms with van der Waals surface area (Å²) in [4.78, 5) is 13.4. The van der Waals surface area contributed by atoms with Crippen LogP contribution in [0.15, 0.2) is 42.5 Å². The molecule has 1 fully saturated rings. The minimum Gasteiger partial charge on any atom is -0.493 e. The fraction of sp³-hybridized carbons (Fsp3) is 0.409. The monoisotopic (exact) mass is 423 g/mol. The Morgan fingerprint density at radius 1 is 1.23 bits per heavy atom. The van der Waals surface area contributed by atoms with Crippen molar-refractivity contribution < 1.29 is 32.5 Å². The third kappa shape index (κ3) is 4.38. The van der Waals surface area contributed by atoms with Crippen LogP contribution in [0.4, 0.5) is 13.2 Å². The van der Waals surface area contributed by atoms with E-state index in [1.807, 2.05) is 6.92 Å². The largest absolute Gasteiger partial charge is 0.493 e. The van der Waals surface area contributed by atoms with Gasteiger partial charge in [-0.15, -0.1) is 0 Å². The Kier molecular flexibility index (Phi) is 6.55. The first-order chi connectivity index (χ1) is 14.3. The van der Waals surface area contributed by atoms with Gasteiger partial charge in [0.05, 0.1) is 25.3 Å². The SMILES string of the molecule is CCOc1ccc(C(c2ccccc2C(F)(F)F)N2CCCC2C(=O)O)cc1OC. The summed E-state index contributed by atoms with van der Waals surface area (Å²) in [6.07, 6.45) is -3.59. The minimum atomic E-state index is -4.57. The predicted octanol–water partition coefficient (Wildman–Crippen LogP) is 4.75. The Morgan fingerprint density at radius 2 is 1.97 bits per heavy atom. The summed E-state index contributed by atoms with van der Waals surface area (Å²) >= 11 is 0. The molecule has 30 heavy (non-hydrogen) atoms. The molecule has 0 aromatic heterocycles. The second-order valence-electron chi connectivity index (χ2n) is 7.06. The maximum Gasteiger partial charge on any atom is 0.416 e. The van der Waals surface area contributed by atoms with Gasteiger partial charge in [-0.2, -0.15) is 13.2 Å². The van der Waals surface area contributed by atoms with E-state index in [9.17, 15) is 23.1 Å². The van der Waals surface area contributed by atoms with Crippen LogP contribution in [0.25, 0.3) is 0 Å². The van der Waals surface area contributed by atoms with Crippen molar-refractivity contribution in [2.24, 2.45) is 0 Å². The molecule has 2 unspecified atom stereocenters. The number of alkyl halides is 3. The molecule has 1 N–H and O–H groups in total. The topological polar surface area (TPSA) is 59.0 Å². The van der Waals surface area contributed by atoms with Gasteiger partial charge in [0.1, 0.15) is 6.04 Å². The summed E-state index contributed by atoms with van der Waals surface area (Å²) in [6.45, 7) is 2.60. The van der Waals surface area contributed by atoms with E-state index in [2.05, 4.69) is 0 Å². The first kappa shape index (κ1) is 22.0. The van der Waals surface area contributed by atoms with Crippen LogP contribution in [0.5, 0.6) is 11.5 Å². The Labute approximate surface area is 173 Å². The summed E-state index contributed by atoms with van der Waals surface area (Å²) in [7, 11) is 1.45. The first-order valence-electron chi connectivity index (χ1n) is 9.73. The standard InChI is InChI=1S/C22H24F3NO4/c1-3-30-18-11-10-14(13-19(18)29-2)20(26-12-6-9-17(26)21(27)28)15-7-4-5-8-16(15)22(23,24)25/h4-5,7-8,10-11,13,17,20H,3,6,9,12H2,1-2H3,(H,27,28). The molecule has 0 bridgehead atoms. The molecule has 1 aliphatic heterocycles. The lowest BCUT2D eigenvalue weighted by atomic mass is 9.92. The van der Waals surface area contributed by atoms with Gasteiger partial charge in [-0.3, -0.25) is 9.69 Å². The molecule has 0 radical (unpaired) electrons. The molecule has 1 saturated heterocycles. The summed E-state index contributed by atoms with van der Waals surface area (Å²) in [5.41, 5.74) is -0.247. The highest BCUT2D eigenvalue weighted by Crippen LogP contribution is 2.43. The molecule has 5 nitrogen and oxygen atoms in total. The number of halogens is 3. The van der Waals surface area contributed by atoms with Gasteiger partial charge in [-0.05, 0) is 49.1 Å². The van der Waals surface area contributed by atoms with Gasteiger partial charge >= 0.3 is 12.1 Å². The quantitative estimate of drug-likeness (QED) is 0.697. The third-order valence-electron chi connectivity index (χ3n) is 5.27. The van der Waals surface area contributed by atoms with Crippen LogP contribution in [0.2, 0.25) is 0 Å². The van der Waals surface area contributed by atoms with Gasteiger partial charge in [0.2, 0.25) is 0 Å². The summed E-state index contributed by atoms with van der Waals surface area (Å²) < 4.78 is 52.3. The van der Waals surface area contributed by atoms with Gasteiger partial charge < -0.3 is 14.6 Å². The van der Waals surface area contributed by atoms with Gasteiger partial charge in [-0.1, -0.05) is 24.3 Å². The van der Waals surface area contributed by atoms with Crippen LogP contribution in [-0.2, 0) is 11.0 Å². The van der Waals surface area contributed by atoms with Gasteiger partial charge in [0.15, 0.2) is 11.5 Å². The molecule has 0 amide bonds. The van der Waals surface area contributed by atoms with E-state index in [1.54, 1.807) is 23.1 Å². The van der Waals surface area contributed by atoms with E-state index in [-0.39, 0.29) is 5.56 Å². The average molecular weight is 423 g/mol. The molecule has 0 aliphatic carbocycles. The fourth-order valence-electron chi connectivity index (χ4n) is 4.04.